The van der Waals surface area contributed by atoms with E-state index in [0.717, 1.165) is 0 Å². The molecular formula is C15H14ClFN2O2. The molecule has 110 valence electrons. The smallest absolute Gasteiger partial charge is 0.313 e. The van der Waals surface area contributed by atoms with Crippen LogP contribution in [0.3, 0.4) is 0 Å². The van der Waals surface area contributed by atoms with Crippen LogP contribution in [-0.2, 0) is 17.6 Å². The van der Waals surface area contributed by atoms with E-state index in [1.54, 1.807) is 31.2 Å². The number of benzene rings is 1. The van der Waals surface area contributed by atoms with Crippen LogP contribution in [0.1, 0.15) is 29.8 Å². The van der Waals surface area contributed by atoms with Crippen LogP contribution >= 0.6 is 11.6 Å². The van der Waals surface area contributed by atoms with Crippen molar-refractivity contribution in [3.8, 4) is 0 Å². The number of aliphatic carboxylic acids is 1. The predicted molar refractivity (Wildman–Crippen MR) is 76.9 cm³/mol. The maximum absolute atomic E-state index is 14.3. The number of carbonyl (C=O) groups is 1. The van der Waals surface area contributed by atoms with Crippen LogP contribution in [0.4, 0.5) is 4.39 Å². The molecule has 1 heterocycles. The van der Waals surface area contributed by atoms with Crippen molar-refractivity contribution in [2.75, 3.05) is 0 Å². The quantitative estimate of drug-likeness (QED) is 0.921. The summed E-state index contributed by atoms with van der Waals surface area (Å²) in [7, 11) is 0. The van der Waals surface area contributed by atoms with Gasteiger partial charge in [0.05, 0.1) is 11.4 Å². The van der Waals surface area contributed by atoms with Crippen LogP contribution < -0.4 is 0 Å². The van der Waals surface area contributed by atoms with E-state index in [1.165, 1.54) is 6.33 Å². The molecule has 1 atom stereocenters. The molecule has 2 rings (SSSR count). The van der Waals surface area contributed by atoms with Crippen LogP contribution in [0.5, 0.6) is 0 Å². The fourth-order valence-corrected chi connectivity index (χ4v) is 2.32. The van der Waals surface area contributed by atoms with Crippen molar-refractivity contribution in [3.63, 3.8) is 0 Å². The number of carboxylic acids is 1. The van der Waals surface area contributed by atoms with Gasteiger partial charge in [-0.25, -0.2) is 14.4 Å². The first kappa shape index (κ1) is 15.4. The summed E-state index contributed by atoms with van der Waals surface area (Å²) in [5, 5.41) is 9.89. The Balaban J connectivity index is 2.38. The van der Waals surface area contributed by atoms with Gasteiger partial charge in [0, 0.05) is 5.02 Å². The number of halogens is 2. The summed E-state index contributed by atoms with van der Waals surface area (Å²) < 4.78 is 14.3. The van der Waals surface area contributed by atoms with Crippen LogP contribution in [0.15, 0.2) is 30.6 Å². The Labute approximate surface area is 126 Å². The Kier molecular flexibility index (Phi) is 4.85. The van der Waals surface area contributed by atoms with E-state index in [2.05, 4.69) is 9.97 Å². The zero-order valence-corrected chi connectivity index (χ0v) is 12.1. The zero-order valence-electron chi connectivity index (χ0n) is 11.4. The van der Waals surface area contributed by atoms with Gasteiger partial charge in [-0.3, -0.25) is 4.79 Å². The van der Waals surface area contributed by atoms with E-state index in [0.29, 0.717) is 17.0 Å². The molecule has 0 fully saturated rings. The standard InChI is InChI=1S/C15H14ClFN2O2/c1-2-12-13(17)14(19-8-18-12)11(15(20)21)7-9-4-3-5-10(16)6-9/h3-6,8,11H,2,7H2,1H3,(H,20,21). The summed E-state index contributed by atoms with van der Waals surface area (Å²) in [6, 6.07) is 6.84. The molecule has 1 unspecified atom stereocenters. The van der Waals surface area contributed by atoms with Crippen molar-refractivity contribution >= 4 is 17.6 Å². The van der Waals surface area contributed by atoms with Crippen molar-refractivity contribution in [2.24, 2.45) is 0 Å². The topological polar surface area (TPSA) is 63.1 Å². The second-order valence-electron chi connectivity index (χ2n) is 4.60. The minimum absolute atomic E-state index is 0.0886. The molecule has 0 aliphatic heterocycles. The van der Waals surface area contributed by atoms with Crippen LogP contribution in [0.25, 0.3) is 0 Å². The molecule has 1 aromatic heterocycles. The summed E-state index contributed by atoms with van der Waals surface area (Å²) in [4.78, 5) is 19.1. The van der Waals surface area contributed by atoms with Gasteiger partial charge < -0.3 is 5.11 Å². The second kappa shape index (κ2) is 6.63. The van der Waals surface area contributed by atoms with Crippen LogP contribution in [-0.4, -0.2) is 21.0 Å². The van der Waals surface area contributed by atoms with E-state index < -0.39 is 17.7 Å². The predicted octanol–water partition coefficient (Wildman–Crippen LogP) is 3.24. The van der Waals surface area contributed by atoms with Crippen molar-refractivity contribution in [2.45, 2.75) is 25.7 Å². The maximum atomic E-state index is 14.3. The van der Waals surface area contributed by atoms with Crippen LogP contribution in [0, 0.1) is 5.82 Å². The van der Waals surface area contributed by atoms with Gasteiger partial charge in [0.15, 0.2) is 5.82 Å². The summed E-state index contributed by atoms with van der Waals surface area (Å²) in [5.41, 5.74) is 0.845. The molecule has 0 radical (unpaired) electrons. The van der Waals surface area contributed by atoms with E-state index in [4.69, 9.17) is 11.6 Å². The average Bonchev–Trinajstić information content (AvgIpc) is 2.45. The van der Waals surface area contributed by atoms with Crippen molar-refractivity contribution < 1.29 is 14.3 Å². The largest absolute Gasteiger partial charge is 0.481 e. The molecule has 0 saturated heterocycles. The number of aryl methyl sites for hydroxylation is 1. The lowest BCUT2D eigenvalue weighted by Crippen LogP contribution is -2.19. The molecule has 0 spiro atoms. The third-order valence-electron chi connectivity index (χ3n) is 3.18. The first-order chi connectivity index (χ1) is 10.0. The fourth-order valence-electron chi connectivity index (χ4n) is 2.11. The summed E-state index contributed by atoms with van der Waals surface area (Å²) in [6.45, 7) is 1.75. The van der Waals surface area contributed by atoms with Gasteiger partial charge in [0.2, 0.25) is 0 Å². The first-order valence-corrected chi connectivity index (χ1v) is 6.87. The first-order valence-electron chi connectivity index (χ1n) is 6.49. The maximum Gasteiger partial charge on any atom is 0.313 e. The van der Waals surface area contributed by atoms with E-state index in [-0.39, 0.29) is 17.8 Å². The Bertz CT molecular complexity index is 664. The fraction of sp³-hybridized carbons (Fsp3) is 0.267. The lowest BCUT2D eigenvalue weighted by molar-refractivity contribution is -0.138. The highest BCUT2D eigenvalue weighted by atomic mass is 35.5. The average molecular weight is 309 g/mol. The molecule has 0 aliphatic rings. The summed E-state index contributed by atoms with van der Waals surface area (Å²) in [5.74, 6) is -2.85. The molecule has 21 heavy (non-hydrogen) atoms. The highest BCUT2D eigenvalue weighted by Gasteiger charge is 2.26. The molecule has 6 heteroatoms. The second-order valence-corrected chi connectivity index (χ2v) is 5.03. The molecule has 0 saturated carbocycles. The molecule has 1 N–H and O–H groups in total. The van der Waals surface area contributed by atoms with Gasteiger partial charge in [-0.05, 0) is 30.5 Å². The van der Waals surface area contributed by atoms with Crippen molar-refractivity contribution in [1.29, 1.82) is 0 Å². The zero-order chi connectivity index (χ0) is 15.4. The number of aromatic nitrogens is 2. The van der Waals surface area contributed by atoms with Gasteiger partial charge in [0.1, 0.15) is 12.2 Å². The lowest BCUT2D eigenvalue weighted by Gasteiger charge is -2.14. The third kappa shape index (κ3) is 3.55. The monoisotopic (exact) mass is 308 g/mol. The van der Waals surface area contributed by atoms with E-state index in [9.17, 15) is 14.3 Å². The number of nitrogens with zero attached hydrogens (tertiary/aromatic N) is 2. The summed E-state index contributed by atoms with van der Waals surface area (Å²) >= 11 is 5.89. The number of hydrogen-bond acceptors (Lipinski definition) is 3. The number of hydrogen-bond donors (Lipinski definition) is 1. The third-order valence-corrected chi connectivity index (χ3v) is 3.42. The number of rotatable bonds is 5. The van der Waals surface area contributed by atoms with E-state index >= 15 is 0 Å². The molecule has 4 nitrogen and oxygen atoms in total. The van der Waals surface area contributed by atoms with Crippen molar-refractivity contribution in [1.82, 2.24) is 9.97 Å². The van der Waals surface area contributed by atoms with Crippen LogP contribution in [0.2, 0.25) is 5.02 Å². The van der Waals surface area contributed by atoms with E-state index in [1.807, 2.05) is 0 Å². The molecule has 0 aliphatic carbocycles. The molecule has 1 aromatic carbocycles. The van der Waals surface area contributed by atoms with Gasteiger partial charge in [0.25, 0.3) is 0 Å². The van der Waals surface area contributed by atoms with Gasteiger partial charge >= 0.3 is 5.97 Å². The van der Waals surface area contributed by atoms with Gasteiger partial charge in [-0.1, -0.05) is 30.7 Å². The molecule has 2 aromatic rings. The van der Waals surface area contributed by atoms with Crippen molar-refractivity contribution in [3.05, 3.63) is 58.4 Å². The highest BCUT2D eigenvalue weighted by Crippen LogP contribution is 2.24. The lowest BCUT2D eigenvalue weighted by atomic mass is 9.95. The Hall–Kier alpha value is -2.01. The molecule has 0 amide bonds. The minimum atomic E-state index is -1.13. The van der Waals surface area contributed by atoms with Gasteiger partial charge in [-0.2, -0.15) is 0 Å². The normalized spacial score (nSPS) is 12.1. The number of carboxylic acid groups (broad SMARTS) is 1. The highest BCUT2D eigenvalue weighted by molar-refractivity contribution is 6.30. The Morgan fingerprint density at radius 2 is 2.19 bits per heavy atom. The summed E-state index contributed by atoms with van der Waals surface area (Å²) in [6.07, 6.45) is 1.70. The SMILES string of the molecule is CCc1ncnc(C(Cc2cccc(Cl)c2)C(=O)O)c1F. The molecule has 0 bridgehead atoms. The molecular weight excluding hydrogens is 295 g/mol. The Morgan fingerprint density at radius 1 is 1.43 bits per heavy atom. The van der Waals surface area contributed by atoms with Gasteiger partial charge in [-0.15, -0.1) is 0 Å². The Morgan fingerprint density at radius 3 is 2.81 bits per heavy atom. The minimum Gasteiger partial charge on any atom is -0.481 e.